The summed E-state index contributed by atoms with van der Waals surface area (Å²) in [7, 11) is 0. The van der Waals surface area contributed by atoms with Gasteiger partial charge in [-0.15, -0.1) is 10.2 Å². The van der Waals surface area contributed by atoms with Crippen molar-refractivity contribution >= 4 is 22.3 Å². The van der Waals surface area contributed by atoms with Crippen molar-refractivity contribution in [3.63, 3.8) is 0 Å². The van der Waals surface area contributed by atoms with Crippen molar-refractivity contribution in [3.8, 4) is 0 Å². The van der Waals surface area contributed by atoms with E-state index in [0.29, 0.717) is 18.9 Å². The summed E-state index contributed by atoms with van der Waals surface area (Å²) >= 11 is 1.43. The molecular formula is C13H18N4O2S. The summed E-state index contributed by atoms with van der Waals surface area (Å²) in [5.41, 5.74) is 0. The normalized spacial score (nSPS) is 17.1. The highest BCUT2D eigenvalue weighted by Crippen LogP contribution is 2.36. The van der Waals surface area contributed by atoms with Gasteiger partial charge in [0.05, 0.1) is 6.61 Å². The quantitative estimate of drug-likeness (QED) is 0.792. The zero-order chi connectivity index (χ0) is 14.1. The van der Waals surface area contributed by atoms with Gasteiger partial charge in [-0.05, 0) is 26.2 Å². The van der Waals surface area contributed by atoms with E-state index in [1.54, 1.807) is 0 Å². The summed E-state index contributed by atoms with van der Waals surface area (Å²) in [5.74, 6) is 0.913. The fraction of sp³-hybridized carbons (Fsp3) is 0.692. The number of rotatable bonds is 5. The van der Waals surface area contributed by atoms with Crippen LogP contribution in [-0.4, -0.2) is 32.4 Å². The Morgan fingerprint density at radius 3 is 2.85 bits per heavy atom. The van der Waals surface area contributed by atoms with E-state index in [-0.39, 0.29) is 11.9 Å². The lowest BCUT2D eigenvalue weighted by Gasteiger charge is -2.22. The molecule has 1 aliphatic carbocycles. The van der Waals surface area contributed by atoms with Crippen LogP contribution in [0.3, 0.4) is 0 Å². The van der Waals surface area contributed by atoms with Gasteiger partial charge in [0.1, 0.15) is 10.9 Å². The third-order valence-corrected chi connectivity index (χ3v) is 4.79. The molecule has 1 saturated carbocycles. The van der Waals surface area contributed by atoms with Crippen LogP contribution in [0.25, 0.3) is 4.96 Å². The largest absolute Gasteiger partial charge is 0.465 e. The molecule has 7 heteroatoms. The van der Waals surface area contributed by atoms with Crippen LogP contribution >= 0.6 is 11.3 Å². The van der Waals surface area contributed by atoms with E-state index in [4.69, 9.17) is 4.74 Å². The summed E-state index contributed by atoms with van der Waals surface area (Å²) in [4.78, 5) is 12.7. The highest BCUT2D eigenvalue weighted by atomic mass is 32.1. The van der Waals surface area contributed by atoms with Gasteiger partial charge in [0.15, 0.2) is 5.82 Å². The Labute approximate surface area is 121 Å². The molecule has 1 fully saturated rings. The minimum Gasteiger partial charge on any atom is -0.465 e. The van der Waals surface area contributed by atoms with Crippen molar-refractivity contribution in [3.05, 3.63) is 10.8 Å². The molecule has 0 N–H and O–H groups in total. The third kappa shape index (κ3) is 2.19. The van der Waals surface area contributed by atoms with E-state index in [2.05, 4.69) is 15.3 Å². The summed E-state index contributed by atoms with van der Waals surface area (Å²) in [6, 6.07) is 0. The molecule has 1 unspecified atom stereocenters. The Kier molecular flexibility index (Phi) is 3.69. The van der Waals surface area contributed by atoms with Gasteiger partial charge in [-0.25, -0.2) is 0 Å². The standard InChI is InChI=1S/C13H18N4O2S/c1-3-9(12(18)19-4-2)11-16-17-10(8-6-5-7-8)14-15-13(17)20-11/h8-9H,3-7H2,1-2H3. The number of ether oxygens (including phenoxy) is 1. The number of carbonyl (C=O) groups excluding carboxylic acids is 1. The van der Waals surface area contributed by atoms with Crippen LogP contribution in [0.2, 0.25) is 0 Å². The first-order chi connectivity index (χ1) is 9.74. The molecule has 0 radical (unpaired) electrons. The zero-order valence-corrected chi connectivity index (χ0v) is 12.5. The predicted molar refractivity (Wildman–Crippen MR) is 74.9 cm³/mol. The second-order valence-corrected chi connectivity index (χ2v) is 6.02. The van der Waals surface area contributed by atoms with E-state index in [9.17, 15) is 4.79 Å². The topological polar surface area (TPSA) is 69.4 Å². The first-order valence-corrected chi connectivity index (χ1v) is 7.94. The van der Waals surface area contributed by atoms with Crippen LogP contribution < -0.4 is 0 Å². The lowest BCUT2D eigenvalue weighted by molar-refractivity contribution is -0.145. The Balaban J connectivity index is 1.91. The average Bonchev–Trinajstić information content (AvgIpc) is 2.91. The molecule has 0 aromatic carbocycles. The monoisotopic (exact) mass is 294 g/mol. The molecule has 2 aromatic rings. The van der Waals surface area contributed by atoms with Gasteiger partial charge < -0.3 is 4.74 Å². The minimum absolute atomic E-state index is 0.204. The van der Waals surface area contributed by atoms with Crippen LogP contribution in [-0.2, 0) is 9.53 Å². The predicted octanol–water partition coefficient (Wildman–Crippen LogP) is 2.51. The van der Waals surface area contributed by atoms with Crippen LogP contribution in [0, 0.1) is 0 Å². The maximum atomic E-state index is 12.0. The molecule has 0 spiro atoms. The minimum atomic E-state index is -0.295. The molecule has 0 saturated heterocycles. The van der Waals surface area contributed by atoms with Gasteiger partial charge in [-0.3, -0.25) is 4.79 Å². The Bertz CT molecular complexity index is 617. The highest BCUT2D eigenvalue weighted by Gasteiger charge is 2.29. The molecular weight excluding hydrogens is 276 g/mol. The fourth-order valence-corrected chi connectivity index (χ4v) is 3.41. The van der Waals surface area contributed by atoms with Crippen molar-refractivity contribution in [2.24, 2.45) is 0 Å². The van der Waals surface area contributed by atoms with Crippen LogP contribution in [0.4, 0.5) is 0 Å². The molecule has 108 valence electrons. The van der Waals surface area contributed by atoms with Crippen molar-refractivity contribution in [2.45, 2.75) is 51.4 Å². The second-order valence-electron chi connectivity index (χ2n) is 5.03. The highest BCUT2D eigenvalue weighted by molar-refractivity contribution is 7.16. The van der Waals surface area contributed by atoms with Gasteiger partial charge in [0.25, 0.3) is 0 Å². The lowest BCUT2D eigenvalue weighted by atomic mass is 9.85. The molecule has 2 heterocycles. The summed E-state index contributed by atoms with van der Waals surface area (Å²) in [6.45, 7) is 4.18. The number of esters is 1. The Hall–Kier alpha value is -1.50. The van der Waals surface area contributed by atoms with Gasteiger partial charge in [-0.1, -0.05) is 24.7 Å². The molecule has 0 amide bonds. The van der Waals surface area contributed by atoms with Crippen LogP contribution in [0.15, 0.2) is 0 Å². The van der Waals surface area contributed by atoms with E-state index >= 15 is 0 Å². The first-order valence-electron chi connectivity index (χ1n) is 7.13. The molecule has 3 rings (SSSR count). The van der Waals surface area contributed by atoms with Crippen LogP contribution in [0.5, 0.6) is 0 Å². The van der Waals surface area contributed by atoms with E-state index in [0.717, 1.165) is 28.6 Å². The molecule has 1 atom stereocenters. The molecule has 1 aliphatic rings. The number of hydrogen-bond acceptors (Lipinski definition) is 6. The fourth-order valence-electron chi connectivity index (χ4n) is 2.39. The molecule has 2 aromatic heterocycles. The number of aromatic nitrogens is 4. The molecule has 0 bridgehead atoms. The maximum absolute atomic E-state index is 12.0. The first kappa shape index (κ1) is 13.5. The summed E-state index contributed by atoms with van der Waals surface area (Å²) < 4.78 is 6.93. The lowest BCUT2D eigenvalue weighted by Crippen LogP contribution is -2.16. The summed E-state index contributed by atoms with van der Waals surface area (Å²) in [6.07, 6.45) is 4.24. The van der Waals surface area contributed by atoms with Crippen molar-refractivity contribution in [1.29, 1.82) is 0 Å². The molecule has 6 nitrogen and oxygen atoms in total. The Morgan fingerprint density at radius 2 is 2.25 bits per heavy atom. The smallest absolute Gasteiger partial charge is 0.315 e. The summed E-state index contributed by atoms with van der Waals surface area (Å²) in [5, 5.41) is 13.7. The number of nitrogens with zero attached hydrogens (tertiary/aromatic N) is 4. The SMILES string of the molecule is CCOC(=O)C(CC)c1nn2c(C3CCC3)nnc2s1. The van der Waals surface area contributed by atoms with E-state index in [1.807, 2.05) is 18.4 Å². The number of hydrogen-bond donors (Lipinski definition) is 0. The van der Waals surface area contributed by atoms with Crippen molar-refractivity contribution < 1.29 is 9.53 Å². The maximum Gasteiger partial charge on any atom is 0.315 e. The second kappa shape index (κ2) is 5.47. The van der Waals surface area contributed by atoms with Crippen LogP contribution in [0.1, 0.15) is 62.2 Å². The zero-order valence-electron chi connectivity index (χ0n) is 11.7. The van der Waals surface area contributed by atoms with E-state index < -0.39 is 0 Å². The van der Waals surface area contributed by atoms with Gasteiger partial charge in [0.2, 0.25) is 4.96 Å². The van der Waals surface area contributed by atoms with Gasteiger partial charge >= 0.3 is 5.97 Å². The van der Waals surface area contributed by atoms with Gasteiger partial charge in [0, 0.05) is 5.92 Å². The molecule has 0 aliphatic heterocycles. The average molecular weight is 294 g/mol. The Morgan fingerprint density at radius 1 is 1.45 bits per heavy atom. The van der Waals surface area contributed by atoms with Crippen molar-refractivity contribution in [1.82, 2.24) is 19.8 Å². The van der Waals surface area contributed by atoms with Crippen molar-refractivity contribution in [2.75, 3.05) is 6.61 Å². The molecule has 20 heavy (non-hydrogen) atoms. The van der Waals surface area contributed by atoms with Gasteiger partial charge in [-0.2, -0.15) is 9.61 Å². The van der Waals surface area contributed by atoms with E-state index in [1.165, 1.54) is 17.8 Å². The third-order valence-electron chi connectivity index (χ3n) is 3.78. The number of carbonyl (C=O) groups is 1. The number of fused-ring (bicyclic) bond motifs is 1.